The number of rotatable bonds is 9. The van der Waals surface area contributed by atoms with Gasteiger partial charge in [0.05, 0.1) is 0 Å². The van der Waals surface area contributed by atoms with E-state index in [9.17, 15) is 0 Å². The second-order valence-electron chi connectivity index (χ2n) is 6.71. The molecule has 0 aliphatic heterocycles. The van der Waals surface area contributed by atoms with Gasteiger partial charge in [0.2, 0.25) is 0 Å². The van der Waals surface area contributed by atoms with Gasteiger partial charge in [-0.3, -0.25) is 0 Å². The van der Waals surface area contributed by atoms with Crippen LogP contribution in [0.3, 0.4) is 0 Å². The van der Waals surface area contributed by atoms with Crippen molar-refractivity contribution >= 4 is 14.5 Å². The molecule has 130 valence electrons. The Morgan fingerprint density at radius 3 is 1.96 bits per heavy atom. The zero-order valence-electron chi connectivity index (χ0n) is 15.2. The third kappa shape index (κ3) is 5.20. The number of unbranched alkanes of at least 4 members (excludes halogenated alkanes) is 5. The zero-order chi connectivity index (χ0) is 17.3. The van der Waals surface area contributed by atoms with Crippen molar-refractivity contribution < 1.29 is 0 Å². The summed E-state index contributed by atoms with van der Waals surface area (Å²) in [6, 6.07) is 24.4. The van der Waals surface area contributed by atoms with Crippen LogP contribution in [0.2, 0.25) is 0 Å². The minimum atomic E-state index is 0.468. The fourth-order valence-electron chi connectivity index (χ4n) is 3.28. The van der Waals surface area contributed by atoms with Gasteiger partial charge >= 0.3 is 159 Å². The molecule has 0 saturated carbocycles. The van der Waals surface area contributed by atoms with Crippen molar-refractivity contribution in [2.75, 3.05) is 0 Å². The Kier molecular flexibility index (Phi) is 7.15. The Bertz CT molecular complexity index is 683. The van der Waals surface area contributed by atoms with E-state index in [1.165, 1.54) is 61.6 Å². The topological polar surface area (TPSA) is 0 Å². The molecule has 25 heavy (non-hydrogen) atoms. The second kappa shape index (κ2) is 9.80. The summed E-state index contributed by atoms with van der Waals surface area (Å²) in [7, 11) is 0. The first kappa shape index (κ1) is 18.2. The summed E-state index contributed by atoms with van der Waals surface area (Å²) in [5, 5.41) is 0. The van der Waals surface area contributed by atoms with E-state index >= 15 is 0 Å². The normalized spacial score (nSPS) is 10.9. The van der Waals surface area contributed by atoms with Gasteiger partial charge < -0.3 is 0 Å². The molecule has 0 fully saturated rings. The van der Waals surface area contributed by atoms with Gasteiger partial charge in [0.1, 0.15) is 0 Å². The van der Waals surface area contributed by atoms with E-state index in [-0.39, 0.29) is 0 Å². The predicted octanol–water partition coefficient (Wildman–Crippen LogP) is 6.98. The number of hydrogen-bond donors (Lipinski definition) is 0. The Balaban J connectivity index is 1.76. The Hall–Kier alpha value is -1.56. The van der Waals surface area contributed by atoms with Crippen LogP contribution >= 0.6 is 0 Å². The molecule has 0 spiro atoms. The van der Waals surface area contributed by atoms with Crippen LogP contribution in [0.5, 0.6) is 0 Å². The molecule has 2 aromatic carbocycles. The molecular weight excluding hydrogens is 367 g/mol. The Morgan fingerprint density at radius 2 is 1.28 bits per heavy atom. The van der Waals surface area contributed by atoms with Gasteiger partial charge in [-0.25, -0.2) is 0 Å². The molecule has 3 rings (SSSR count). The van der Waals surface area contributed by atoms with Gasteiger partial charge in [-0.1, -0.05) is 0 Å². The molecule has 0 unspecified atom stereocenters. The average molecular weight is 395 g/mol. The van der Waals surface area contributed by atoms with Crippen LogP contribution in [0.15, 0.2) is 66.7 Å². The number of aryl methyl sites for hydroxylation is 1. The molecule has 1 heteroatoms. The van der Waals surface area contributed by atoms with Crippen LogP contribution in [-0.2, 0) is 6.42 Å². The maximum atomic E-state index is 2.49. The fourth-order valence-corrected chi connectivity index (χ4v) is 5.85. The molecule has 0 aliphatic rings. The molecule has 0 saturated heterocycles. The molecule has 0 atom stereocenters. The molecule has 0 bridgehead atoms. The van der Waals surface area contributed by atoms with Crippen LogP contribution in [0.25, 0.3) is 21.1 Å². The minimum absolute atomic E-state index is 0.468. The summed E-state index contributed by atoms with van der Waals surface area (Å²) in [6.07, 6.45) is 9.54. The zero-order valence-corrected chi connectivity index (χ0v) is 16.9. The van der Waals surface area contributed by atoms with E-state index in [0.29, 0.717) is 14.5 Å². The van der Waals surface area contributed by atoms with Gasteiger partial charge in [-0.05, 0) is 0 Å². The van der Waals surface area contributed by atoms with Crippen molar-refractivity contribution in [2.45, 2.75) is 51.9 Å². The van der Waals surface area contributed by atoms with Gasteiger partial charge in [0.25, 0.3) is 0 Å². The first-order valence-corrected chi connectivity index (χ1v) is 11.3. The summed E-state index contributed by atoms with van der Waals surface area (Å²) in [4.78, 5) is 0. The van der Waals surface area contributed by atoms with Crippen molar-refractivity contribution in [3.8, 4) is 21.1 Å². The molecule has 0 N–H and O–H groups in total. The summed E-state index contributed by atoms with van der Waals surface area (Å²) >= 11 is 0.468. The monoisotopic (exact) mass is 396 g/mol. The van der Waals surface area contributed by atoms with E-state index in [0.717, 1.165) is 0 Å². The second-order valence-corrected chi connectivity index (χ2v) is 9.09. The van der Waals surface area contributed by atoms with Crippen LogP contribution in [0, 0.1) is 0 Å². The molecular formula is C24H28Se. The molecule has 0 amide bonds. The number of benzene rings is 2. The van der Waals surface area contributed by atoms with Crippen LogP contribution in [-0.4, -0.2) is 14.5 Å². The van der Waals surface area contributed by atoms with Crippen molar-refractivity contribution in [3.63, 3.8) is 0 Å². The van der Waals surface area contributed by atoms with Gasteiger partial charge in [0, 0.05) is 0 Å². The van der Waals surface area contributed by atoms with E-state index in [4.69, 9.17) is 0 Å². The third-order valence-electron chi connectivity index (χ3n) is 4.68. The maximum absolute atomic E-state index is 2.49. The third-order valence-corrected chi connectivity index (χ3v) is 7.29. The van der Waals surface area contributed by atoms with E-state index in [1.54, 1.807) is 8.87 Å². The Morgan fingerprint density at radius 1 is 0.680 bits per heavy atom. The quantitative estimate of drug-likeness (QED) is 0.271. The van der Waals surface area contributed by atoms with Crippen molar-refractivity contribution in [3.05, 3.63) is 71.2 Å². The molecule has 0 aliphatic carbocycles. The summed E-state index contributed by atoms with van der Waals surface area (Å²) in [6.45, 7) is 2.29. The number of hydrogen-bond acceptors (Lipinski definition) is 0. The summed E-state index contributed by atoms with van der Waals surface area (Å²) in [5.74, 6) is 0. The van der Waals surface area contributed by atoms with Crippen molar-refractivity contribution in [2.24, 2.45) is 0 Å². The van der Waals surface area contributed by atoms with E-state index in [2.05, 4.69) is 73.7 Å². The molecule has 0 nitrogen and oxygen atoms in total. The van der Waals surface area contributed by atoms with Gasteiger partial charge in [-0.15, -0.1) is 0 Å². The van der Waals surface area contributed by atoms with Crippen LogP contribution in [0.4, 0.5) is 0 Å². The first-order chi connectivity index (χ1) is 12.4. The predicted molar refractivity (Wildman–Crippen MR) is 111 cm³/mol. The van der Waals surface area contributed by atoms with Crippen LogP contribution < -0.4 is 0 Å². The van der Waals surface area contributed by atoms with Gasteiger partial charge in [-0.2, -0.15) is 0 Å². The van der Waals surface area contributed by atoms with Gasteiger partial charge in [0.15, 0.2) is 0 Å². The first-order valence-electron chi connectivity index (χ1n) is 9.62. The van der Waals surface area contributed by atoms with E-state index < -0.39 is 0 Å². The molecule has 1 aromatic heterocycles. The van der Waals surface area contributed by atoms with Crippen LogP contribution in [0.1, 0.15) is 49.9 Å². The molecule has 1 heterocycles. The molecule has 3 aromatic rings. The summed E-state index contributed by atoms with van der Waals surface area (Å²) < 4.78 is 3.22. The Labute approximate surface area is 158 Å². The van der Waals surface area contributed by atoms with Crippen molar-refractivity contribution in [1.82, 2.24) is 0 Å². The fraction of sp³-hybridized carbons (Fsp3) is 0.333. The van der Waals surface area contributed by atoms with E-state index in [1.807, 2.05) is 0 Å². The van der Waals surface area contributed by atoms with Crippen molar-refractivity contribution in [1.29, 1.82) is 0 Å². The molecule has 0 radical (unpaired) electrons. The standard InChI is InChI=1S/C24H28Se/c1-2-3-4-5-6-13-18-22-19-23(20-14-9-7-10-15-20)24(25-22)21-16-11-8-12-17-21/h7-12,14-17,19H,2-6,13,18H2,1H3. The SMILES string of the molecule is CCCCCCCCc1cc(-c2ccccc2)c(-c2ccccc2)[se]1. The summed E-state index contributed by atoms with van der Waals surface area (Å²) in [5.41, 5.74) is 4.21. The average Bonchev–Trinajstić information content (AvgIpc) is 3.10.